The van der Waals surface area contributed by atoms with Crippen molar-refractivity contribution in [3.8, 4) is 0 Å². The Bertz CT molecular complexity index is 711. The first kappa shape index (κ1) is 23.6. The normalized spacial score (nSPS) is 20.2. The molecule has 1 aromatic rings. The fourth-order valence-corrected chi connectivity index (χ4v) is 4.89. The molecule has 1 N–H and O–H groups in total. The molecular weight excluding hydrogens is 386 g/mol. The van der Waals surface area contributed by atoms with Crippen LogP contribution in [0.4, 0.5) is 4.79 Å². The summed E-state index contributed by atoms with van der Waals surface area (Å²) < 4.78 is 13.7. The molecule has 0 bridgehead atoms. The minimum atomic E-state index is -1.93. The first-order valence-electron chi connectivity index (χ1n) is 10.3. The predicted molar refractivity (Wildman–Crippen MR) is 116 cm³/mol. The van der Waals surface area contributed by atoms with Crippen LogP contribution < -0.4 is 0 Å². The largest absolute Gasteiger partial charge is 0.445 e. The maximum Gasteiger partial charge on any atom is 0.410 e. The lowest BCUT2D eigenvalue weighted by Gasteiger charge is -2.38. The van der Waals surface area contributed by atoms with Crippen LogP contribution in [0.3, 0.4) is 0 Å². The summed E-state index contributed by atoms with van der Waals surface area (Å²) in [6, 6.07) is 0.0310. The molecule has 1 saturated heterocycles. The van der Waals surface area contributed by atoms with E-state index in [1.165, 1.54) is 0 Å². The monoisotopic (exact) mass is 423 g/mol. The van der Waals surface area contributed by atoms with Crippen LogP contribution in [0.5, 0.6) is 0 Å². The molecule has 0 saturated carbocycles. The second-order valence-corrected chi connectivity index (χ2v) is 14.1. The number of nitrogens with zero attached hydrogens (tertiary/aromatic N) is 3. The third-order valence-electron chi connectivity index (χ3n) is 6.24. The summed E-state index contributed by atoms with van der Waals surface area (Å²) in [6.45, 7) is 15.5. The zero-order chi connectivity index (χ0) is 21.8. The number of amides is 1. The zero-order valence-electron chi connectivity index (χ0n) is 18.8. The van der Waals surface area contributed by atoms with Crippen LogP contribution >= 0.6 is 0 Å². The van der Waals surface area contributed by atoms with Gasteiger partial charge in [0.25, 0.3) is 0 Å². The van der Waals surface area contributed by atoms with Gasteiger partial charge < -0.3 is 19.2 Å². The Balaban J connectivity index is 2.12. The first-order chi connectivity index (χ1) is 13.5. The van der Waals surface area contributed by atoms with Gasteiger partial charge in [-0.3, -0.25) is 4.68 Å². The van der Waals surface area contributed by atoms with Gasteiger partial charge in [-0.15, -0.1) is 0 Å². The number of ether oxygens (including phenoxy) is 1. The fourth-order valence-electron chi connectivity index (χ4n) is 3.53. The molecule has 8 heteroatoms. The number of aryl methyl sites for hydroxylation is 1. The number of rotatable bonds is 8. The van der Waals surface area contributed by atoms with E-state index in [0.717, 1.165) is 30.5 Å². The third-order valence-corrected chi connectivity index (χ3v) is 10.8. The van der Waals surface area contributed by atoms with E-state index in [4.69, 9.17) is 9.16 Å². The highest BCUT2D eigenvalue weighted by Gasteiger charge is 2.43. The number of aliphatic hydroxyl groups is 1. The molecule has 7 nitrogen and oxygen atoms in total. The van der Waals surface area contributed by atoms with Crippen LogP contribution in [0.25, 0.3) is 0 Å². The summed E-state index contributed by atoms with van der Waals surface area (Å²) in [6.07, 6.45) is 5.27. The highest BCUT2D eigenvalue weighted by atomic mass is 28.4. The molecule has 2 rings (SSSR count). The summed E-state index contributed by atoms with van der Waals surface area (Å²) in [5.74, 6) is 0. The molecule has 0 aromatic carbocycles. The van der Waals surface area contributed by atoms with Crippen molar-refractivity contribution in [2.75, 3.05) is 13.2 Å². The molecule has 2 unspecified atom stereocenters. The van der Waals surface area contributed by atoms with Crippen molar-refractivity contribution < 1.29 is 19.1 Å². The van der Waals surface area contributed by atoms with Gasteiger partial charge in [-0.05, 0) is 37.4 Å². The minimum Gasteiger partial charge on any atom is -0.445 e. The summed E-state index contributed by atoms with van der Waals surface area (Å²) in [5, 5.41) is 13.9. The van der Waals surface area contributed by atoms with Gasteiger partial charge in [0.1, 0.15) is 6.61 Å². The molecule has 164 valence electrons. The molecule has 1 aliphatic rings. The van der Waals surface area contributed by atoms with E-state index in [1.807, 2.05) is 7.05 Å². The molecule has 1 amide bonds. The van der Waals surface area contributed by atoms with E-state index < -0.39 is 8.32 Å². The van der Waals surface area contributed by atoms with Crippen LogP contribution in [-0.4, -0.2) is 59.5 Å². The number of likely N-dealkylation sites (tertiary alicyclic amines) is 1. The quantitative estimate of drug-likeness (QED) is 0.510. The standard InChI is InChI=1S/C21H37N3O4Si/c1-8-11-27-20(26)24-14-18(28-29(6,7)21(2,3)4)12-17(24)9-10-19-16(15-25)13-22-23(19)5/h8,13,17-18,25H,1,9-12,14-15H2,2-7H3. The average molecular weight is 424 g/mol. The van der Waals surface area contributed by atoms with Crippen molar-refractivity contribution in [3.63, 3.8) is 0 Å². The Morgan fingerprint density at radius 2 is 2.14 bits per heavy atom. The van der Waals surface area contributed by atoms with Crippen molar-refractivity contribution in [1.29, 1.82) is 0 Å². The van der Waals surface area contributed by atoms with Crippen molar-refractivity contribution in [3.05, 3.63) is 30.1 Å². The van der Waals surface area contributed by atoms with E-state index in [9.17, 15) is 9.90 Å². The van der Waals surface area contributed by atoms with E-state index >= 15 is 0 Å². The van der Waals surface area contributed by atoms with Crippen LogP contribution in [0.1, 0.15) is 44.9 Å². The highest BCUT2D eigenvalue weighted by Crippen LogP contribution is 2.39. The van der Waals surface area contributed by atoms with Gasteiger partial charge in [0, 0.05) is 30.9 Å². The number of aromatic nitrogens is 2. The van der Waals surface area contributed by atoms with E-state index in [0.29, 0.717) is 6.54 Å². The number of hydrogen-bond acceptors (Lipinski definition) is 5. The van der Waals surface area contributed by atoms with Crippen molar-refractivity contribution in [1.82, 2.24) is 14.7 Å². The van der Waals surface area contributed by atoms with Gasteiger partial charge in [0.2, 0.25) is 0 Å². The molecule has 29 heavy (non-hydrogen) atoms. The Kier molecular flexibility index (Phi) is 7.70. The third kappa shape index (κ3) is 5.70. The van der Waals surface area contributed by atoms with Crippen molar-refractivity contribution in [2.24, 2.45) is 7.05 Å². The number of carbonyl (C=O) groups excluding carboxylic acids is 1. The smallest absolute Gasteiger partial charge is 0.410 e. The summed E-state index contributed by atoms with van der Waals surface area (Å²) in [7, 11) is -0.0536. The van der Waals surface area contributed by atoms with Crippen LogP contribution in [-0.2, 0) is 29.2 Å². The lowest BCUT2D eigenvalue weighted by atomic mass is 10.0. The maximum absolute atomic E-state index is 12.6. The lowest BCUT2D eigenvalue weighted by Crippen LogP contribution is -2.44. The molecule has 2 heterocycles. The first-order valence-corrected chi connectivity index (χ1v) is 13.2. The molecule has 0 aliphatic carbocycles. The predicted octanol–water partition coefficient (Wildman–Crippen LogP) is 3.63. The summed E-state index contributed by atoms with van der Waals surface area (Å²) in [5.41, 5.74) is 1.83. The van der Waals surface area contributed by atoms with E-state index in [1.54, 1.807) is 21.9 Å². The summed E-state index contributed by atoms with van der Waals surface area (Å²) in [4.78, 5) is 14.4. The fraction of sp³-hybridized carbons (Fsp3) is 0.714. The Labute approximate surface area is 175 Å². The average Bonchev–Trinajstić information content (AvgIpc) is 3.19. The Morgan fingerprint density at radius 1 is 1.45 bits per heavy atom. The Morgan fingerprint density at radius 3 is 2.72 bits per heavy atom. The lowest BCUT2D eigenvalue weighted by molar-refractivity contribution is 0.102. The molecule has 1 aromatic heterocycles. The van der Waals surface area contributed by atoms with Gasteiger partial charge in [-0.2, -0.15) is 5.10 Å². The maximum atomic E-state index is 12.6. The van der Waals surface area contributed by atoms with Crippen molar-refractivity contribution in [2.45, 2.75) is 76.9 Å². The number of hydrogen-bond donors (Lipinski definition) is 1. The zero-order valence-corrected chi connectivity index (χ0v) is 19.8. The topological polar surface area (TPSA) is 76.8 Å². The minimum absolute atomic E-state index is 0.0148. The van der Waals surface area contributed by atoms with Gasteiger partial charge in [0.05, 0.1) is 18.9 Å². The molecular formula is C21H37N3O4Si. The van der Waals surface area contributed by atoms with Crippen LogP contribution in [0, 0.1) is 0 Å². The molecule has 0 spiro atoms. The van der Waals surface area contributed by atoms with Crippen molar-refractivity contribution >= 4 is 14.4 Å². The summed E-state index contributed by atoms with van der Waals surface area (Å²) >= 11 is 0. The molecule has 1 aliphatic heterocycles. The van der Waals surface area contributed by atoms with Gasteiger partial charge in [-0.1, -0.05) is 33.4 Å². The number of aliphatic hydroxyl groups excluding tert-OH is 1. The van der Waals surface area contributed by atoms with E-state index in [-0.39, 0.29) is 36.5 Å². The molecule has 0 radical (unpaired) electrons. The second-order valence-electron chi connectivity index (χ2n) is 9.34. The van der Waals surface area contributed by atoms with Gasteiger partial charge >= 0.3 is 6.09 Å². The van der Waals surface area contributed by atoms with Crippen LogP contribution in [0.15, 0.2) is 18.9 Å². The van der Waals surface area contributed by atoms with E-state index in [2.05, 4.69) is 45.5 Å². The Hall–Kier alpha value is -1.64. The SMILES string of the molecule is C=CCOC(=O)N1CC(O[Si](C)(C)C(C)(C)C)CC1CCc1c(CO)cnn1C. The second kappa shape index (κ2) is 9.45. The van der Waals surface area contributed by atoms with Gasteiger partial charge in [0.15, 0.2) is 8.32 Å². The van der Waals surface area contributed by atoms with Crippen LogP contribution in [0.2, 0.25) is 18.1 Å². The molecule has 1 fully saturated rings. The van der Waals surface area contributed by atoms with Gasteiger partial charge in [-0.25, -0.2) is 4.79 Å². The molecule has 2 atom stereocenters. The highest BCUT2D eigenvalue weighted by molar-refractivity contribution is 6.74. The number of carbonyl (C=O) groups is 1.